The number of aliphatic hydroxyl groups excluding tert-OH is 1. The Morgan fingerprint density at radius 3 is 3.11 bits per heavy atom. The van der Waals surface area contributed by atoms with Crippen LogP contribution in [0.25, 0.3) is 0 Å². The molecular formula is C9H15N5O4S. The van der Waals surface area contributed by atoms with E-state index in [1.165, 1.54) is 0 Å². The van der Waals surface area contributed by atoms with Gasteiger partial charge in [-0.1, -0.05) is 5.16 Å². The summed E-state index contributed by atoms with van der Waals surface area (Å²) in [6.07, 6.45) is 0. The molecule has 0 aliphatic heterocycles. The lowest BCUT2D eigenvalue weighted by Crippen LogP contribution is -2.22. The first-order valence-electron chi connectivity index (χ1n) is 5.44. The molecule has 10 heteroatoms. The summed E-state index contributed by atoms with van der Waals surface area (Å²) in [4.78, 5) is 14.4. The summed E-state index contributed by atoms with van der Waals surface area (Å²) in [5.41, 5.74) is 0.316. The Kier molecular flexibility index (Phi) is 7.35. The molecule has 19 heavy (non-hydrogen) atoms. The van der Waals surface area contributed by atoms with Gasteiger partial charge in [0.15, 0.2) is 11.5 Å². The summed E-state index contributed by atoms with van der Waals surface area (Å²) in [5.74, 6) is 2.09. The van der Waals surface area contributed by atoms with Crippen LogP contribution in [0.1, 0.15) is 5.69 Å². The van der Waals surface area contributed by atoms with E-state index in [4.69, 9.17) is 5.11 Å². The molecule has 0 aromatic carbocycles. The minimum absolute atomic E-state index is 0.154. The van der Waals surface area contributed by atoms with Crippen LogP contribution < -0.4 is 10.6 Å². The van der Waals surface area contributed by atoms with Crippen molar-refractivity contribution in [1.82, 2.24) is 15.6 Å². The van der Waals surface area contributed by atoms with Gasteiger partial charge >= 0.3 is 6.47 Å². The lowest BCUT2D eigenvalue weighted by Gasteiger charge is -2.04. The smallest absolute Gasteiger partial charge is 0.323 e. The van der Waals surface area contributed by atoms with E-state index in [-0.39, 0.29) is 18.9 Å². The topological polar surface area (TPSA) is 122 Å². The van der Waals surface area contributed by atoms with Gasteiger partial charge in [0.2, 0.25) is 5.82 Å². The highest BCUT2D eigenvalue weighted by atomic mass is 32.2. The number of nitrogens with one attached hydrogen (secondary N) is 2. The van der Waals surface area contributed by atoms with Crippen molar-refractivity contribution in [1.29, 1.82) is 0 Å². The van der Waals surface area contributed by atoms with E-state index in [0.717, 1.165) is 5.75 Å². The Morgan fingerprint density at radius 2 is 2.42 bits per heavy atom. The zero-order valence-electron chi connectivity index (χ0n) is 10.3. The minimum atomic E-state index is 0.154. The van der Waals surface area contributed by atoms with E-state index < -0.39 is 0 Å². The molecule has 9 nitrogen and oxygen atoms in total. The third-order valence-corrected chi connectivity index (χ3v) is 2.88. The van der Waals surface area contributed by atoms with Gasteiger partial charge in [-0.3, -0.25) is 4.79 Å². The van der Waals surface area contributed by atoms with E-state index in [1.807, 2.05) is 0 Å². The second kappa shape index (κ2) is 9.16. The van der Waals surface area contributed by atoms with E-state index in [9.17, 15) is 4.79 Å². The van der Waals surface area contributed by atoms with Gasteiger partial charge in [0.1, 0.15) is 0 Å². The lowest BCUT2D eigenvalue weighted by molar-refractivity contribution is -0.128. The summed E-state index contributed by atoms with van der Waals surface area (Å²) in [6, 6.07) is 0. The van der Waals surface area contributed by atoms with Crippen LogP contribution >= 0.6 is 11.8 Å². The highest BCUT2D eigenvalue weighted by Gasteiger charge is 2.15. The number of nitrogens with zero attached hydrogens (tertiary/aromatic N) is 3. The third-order valence-electron chi connectivity index (χ3n) is 1.91. The number of carbonyl (C=O) groups excluding carboxylic acids is 1. The van der Waals surface area contributed by atoms with Crippen molar-refractivity contribution in [3.05, 3.63) is 5.69 Å². The number of rotatable bonds is 9. The molecule has 106 valence electrons. The molecule has 0 radical (unpaired) electrons. The van der Waals surface area contributed by atoms with E-state index in [1.54, 1.807) is 18.8 Å². The molecular weight excluding hydrogens is 274 g/mol. The number of oxime groups is 1. The van der Waals surface area contributed by atoms with Crippen molar-refractivity contribution in [3.8, 4) is 0 Å². The molecule has 0 amide bonds. The summed E-state index contributed by atoms with van der Waals surface area (Å²) < 4.78 is 4.61. The Labute approximate surface area is 113 Å². The molecule has 1 aromatic heterocycles. The summed E-state index contributed by atoms with van der Waals surface area (Å²) in [7, 11) is 1.60. The van der Waals surface area contributed by atoms with E-state index in [0.29, 0.717) is 23.8 Å². The largest absolute Gasteiger partial charge is 0.396 e. The van der Waals surface area contributed by atoms with Crippen molar-refractivity contribution in [2.45, 2.75) is 0 Å². The van der Waals surface area contributed by atoms with Crippen LogP contribution in [0.5, 0.6) is 0 Å². The van der Waals surface area contributed by atoms with Gasteiger partial charge in [-0.2, -0.15) is 11.8 Å². The summed E-state index contributed by atoms with van der Waals surface area (Å²) >= 11 is 1.60. The number of thioether (sulfide) groups is 1. The van der Waals surface area contributed by atoms with Crippen LogP contribution in [0, 0.1) is 0 Å². The lowest BCUT2D eigenvalue weighted by atomic mass is 10.4. The standard InChI is InChI=1S/C9H15N5O4S/c1-10-8(13-17-6-16)7-9(14-18-12-7)11-2-4-19-5-3-15/h6,15H,2-5H2,1H3,(H,10,13)(H,11,14). The zero-order valence-corrected chi connectivity index (χ0v) is 11.1. The zero-order chi connectivity index (χ0) is 13.9. The number of hydrogen-bond donors (Lipinski definition) is 3. The van der Waals surface area contributed by atoms with Crippen molar-refractivity contribution in [3.63, 3.8) is 0 Å². The van der Waals surface area contributed by atoms with Gasteiger partial charge < -0.3 is 20.6 Å². The molecule has 0 unspecified atom stereocenters. The first-order valence-corrected chi connectivity index (χ1v) is 6.59. The molecule has 0 aliphatic carbocycles. The van der Waals surface area contributed by atoms with E-state index >= 15 is 0 Å². The van der Waals surface area contributed by atoms with Crippen molar-refractivity contribution >= 4 is 29.9 Å². The fourth-order valence-electron chi connectivity index (χ4n) is 1.15. The second-order valence-corrected chi connectivity index (χ2v) is 4.34. The quantitative estimate of drug-likeness (QED) is 0.135. The van der Waals surface area contributed by atoms with Crippen LogP contribution in [-0.2, 0) is 9.63 Å². The maximum absolute atomic E-state index is 10.1. The minimum Gasteiger partial charge on any atom is -0.396 e. The molecule has 1 aromatic rings. The van der Waals surface area contributed by atoms with Gasteiger partial charge in [-0.15, -0.1) is 0 Å². The molecule has 1 rings (SSSR count). The summed E-state index contributed by atoms with van der Waals surface area (Å²) in [5, 5.41) is 25.2. The monoisotopic (exact) mass is 289 g/mol. The van der Waals surface area contributed by atoms with E-state index in [2.05, 4.69) is 35.6 Å². The van der Waals surface area contributed by atoms with Crippen molar-refractivity contribution < 1.29 is 19.4 Å². The average Bonchev–Trinajstić information content (AvgIpc) is 2.88. The van der Waals surface area contributed by atoms with Crippen molar-refractivity contribution in [2.75, 3.05) is 37.0 Å². The molecule has 0 atom stereocenters. The highest BCUT2D eigenvalue weighted by Crippen LogP contribution is 2.10. The SMILES string of the molecule is CN/C(=N\OC=O)c1nonc1NCCSCCO. The molecule has 0 fully saturated rings. The van der Waals surface area contributed by atoms with Gasteiger partial charge in [0.05, 0.1) is 6.61 Å². The molecule has 0 bridgehead atoms. The Bertz CT molecular complexity index is 411. The van der Waals surface area contributed by atoms with Gasteiger partial charge in [0, 0.05) is 25.1 Å². The van der Waals surface area contributed by atoms with Crippen LogP contribution in [0.3, 0.4) is 0 Å². The van der Waals surface area contributed by atoms with Crippen LogP contribution in [-0.4, -0.2) is 59.4 Å². The predicted molar refractivity (Wildman–Crippen MR) is 69.9 cm³/mol. The molecule has 1 heterocycles. The van der Waals surface area contributed by atoms with Crippen LogP contribution in [0.2, 0.25) is 0 Å². The number of anilines is 1. The molecule has 0 spiro atoms. The fourth-order valence-corrected chi connectivity index (χ4v) is 1.73. The Hall–Kier alpha value is -1.81. The van der Waals surface area contributed by atoms with Gasteiger partial charge in [-0.25, -0.2) is 4.63 Å². The molecule has 0 aliphatic rings. The summed E-state index contributed by atoms with van der Waals surface area (Å²) in [6.45, 7) is 0.974. The maximum Gasteiger partial charge on any atom is 0.323 e. The fraction of sp³-hybridized carbons (Fsp3) is 0.556. The number of carbonyl (C=O) groups is 1. The second-order valence-electron chi connectivity index (χ2n) is 3.12. The predicted octanol–water partition coefficient (Wildman–Crippen LogP) is -0.739. The van der Waals surface area contributed by atoms with Gasteiger partial charge in [-0.05, 0) is 10.3 Å². The number of hydrogen-bond acceptors (Lipinski definition) is 9. The highest BCUT2D eigenvalue weighted by molar-refractivity contribution is 7.99. The third kappa shape index (κ3) is 5.14. The van der Waals surface area contributed by atoms with Gasteiger partial charge in [0.25, 0.3) is 0 Å². The molecule has 0 saturated heterocycles. The number of amidine groups is 1. The average molecular weight is 289 g/mol. The first kappa shape index (κ1) is 15.2. The maximum atomic E-state index is 10.1. The van der Waals surface area contributed by atoms with Crippen LogP contribution in [0.15, 0.2) is 9.78 Å². The normalized spacial score (nSPS) is 11.2. The molecule has 3 N–H and O–H groups in total. The molecule has 0 saturated carbocycles. The van der Waals surface area contributed by atoms with Crippen molar-refractivity contribution in [2.24, 2.45) is 5.16 Å². The van der Waals surface area contributed by atoms with Crippen LogP contribution in [0.4, 0.5) is 5.82 Å². The first-order chi connectivity index (χ1) is 9.33. The Morgan fingerprint density at radius 1 is 1.58 bits per heavy atom. The number of aromatic nitrogens is 2. The Balaban J connectivity index is 2.55. The number of aliphatic hydroxyl groups is 1.